The fraction of sp³-hybridized carbons (Fsp3) is 0.462. The lowest BCUT2D eigenvalue weighted by Gasteiger charge is -2.19. The zero-order valence-corrected chi connectivity index (χ0v) is 11.4. The molecule has 1 aliphatic heterocycles. The summed E-state index contributed by atoms with van der Waals surface area (Å²) in [5.74, 6) is 0.741. The Bertz CT molecular complexity index is 609. The molecule has 21 heavy (non-hydrogen) atoms. The maximum Gasteiger partial charge on any atom is 0.323 e. The molecule has 112 valence electrons. The van der Waals surface area contributed by atoms with Gasteiger partial charge in [0.2, 0.25) is 5.89 Å². The van der Waals surface area contributed by atoms with Gasteiger partial charge in [-0.3, -0.25) is 9.69 Å². The molecule has 0 spiro atoms. The predicted molar refractivity (Wildman–Crippen MR) is 68.8 cm³/mol. The molecular formula is C13H15N3O5. The van der Waals surface area contributed by atoms with Crippen molar-refractivity contribution >= 4 is 5.97 Å². The maximum atomic E-state index is 11.7. The number of furan rings is 1. The minimum atomic E-state index is -0.568. The van der Waals surface area contributed by atoms with Gasteiger partial charge in [-0.1, -0.05) is 0 Å². The van der Waals surface area contributed by atoms with Crippen LogP contribution in [-0.4, -0.2) is 52.0 Å². The van der Waals surface area contributed by atoms with Crippen LogP contribution in [0.4, 0.5) is 0 Å². The summed E-state index contributed by atoms with van der Waals surface area (Å²) in [6, 6.07) is 2.95. The highest BCUT2D eigenvalue weighted by atomic mass is 16.5. The Morgan fingerprint density at radius 2 is 2.43 bits per heavy atom. The molecule has 0 aromatic carbocycles. The normalized spacial score (nSPS) is 22.6. The number of aliphatic hydroxyl groups is 1. The maximum absolute atomic E-state index is 11.7. The number of β-amino-alcohol motifs (C(OH)–C–C–N with tert-alkyl or cyclic N) is 1. The fourth-order valence-corrected chi connectivity index (χ4v) is 2.43. The highest BCUT2D eigenvalue weighted by Gasteiger charge is 2.37. The van der Waals surface area contributed by atoms with Crippen LogP contribution in [-0.2, 0) is 16.1 Å². The number of carbonyl (C=O) groups is 1. The lowest BCUT2D eigenvalue weighted by atomic mass is 10.2. The van der Waals surface area contributed by atoms with Crippen LogP contribution in [0.2, 0.25) is 0 Å². The van der Waals surface area contributed by atoms with Gasteiger partial charge in [0.1, 0.15) is 6.04 Å². The van der Waals surface area contributed by atoms with Gasteiger partial charge in [-0.25, -0.2) is 0 Å². The van der Waals surface area contributed by atoms with Gasteiger partial charge in [0.05, 0.1) is 26.0 Å². The van der Waals surface area contributed by atoms with Crippen molar-refractivity contribution in [1.82, 2.24) is 15.1 Å². The number of ether oxygens (including phenoxy) is 1. The van der Waals surface area contributed by atoms with Crippen LogP contribution in [0.25, 0.3) is 11.7 Å². The number of likely N-dealkylation sites (tertiary alicyclic amines) is 1. The average Bonchev–Trinajstić information content (AvgIpc) is 3.18. The summed E-state index contributed by atoms with van der Waals surface area (Å²) in [5, 5.41) is 17.5. The number of hydrogen-bond donors (Lipinski definition) is 1. The number of nitrogens with zero attached hydrogens (tertiary/aromatic N) is 3. The molecule has 8 nitrogen and oxygen atoms in total. The standard InChI is InChI=1S/C13H15N3O5/c1-19-13(18)9-5-8(17)6-16(9)7-11-14-15-12(21-11)10-3-2-4-20-10/h2-4,8-9,17H,5-7H2,1H3. The molecule has 2 atom stereocenters. The van der Waals surface area contributed by atoms with Crippen molar-refractivity contribution in [1.29, 1.82) is 0 Å². The fourth-order valence-electron chi connectivity index (χ4n) is 2.43. The molecule has 0 saturated carbocycles. The van der Waals surface area contributed by atoms with E-state index in [1.165, 1.54) is 13.4 Å². The molecule has 1 fully saturated rings. The third-order valence-electron chi connectivity index (χ3n) is 3.39. The van der Waals surface area contributed by atoms with E-state index < -0.39 is 12.1 Å². The van der Waals surface area contributed by atoms with Crippen molar-refractivity contribution in [2.24, 2.45) is 0 Å². The first kappa shape index (κ1) is 13.8. The van der Waals surface area contributed by atoms with Crippen molar-refractivity contribution < 1.29 is 23.5 Å². The summed E-state index contributed by atoms with van der Waals surface area (Å²) >= 11 is 0. The Labute approximate surface area is 120 Å². The predicted octanol–water partition coefficient (Wildman–Crippen LogP) is 0.438. The molecule has 8 heteroatoms. The third kappa shape index (κ3) is 2.81. The third-order valence-corrected chi connectivity index (χ3v) is 3.39. The van der Waals surface area contributed by atoms with E-state index in [4.69, 9.17) is 13.6 Å². The molecule has 2 aromatic rings. The Kier molecular flexibility index (Phi) is 3.72. The van der Waals surface area contributed by atoms with E-state index in [9.17, 15) is 9.90 Å². The van der Waals surface area contributed by atoms with Gasteiger partial charge in [-0.05, 0) is 12.1 Å². The number of hydrogen-bond acceptors (Lipinski definition) is 8. The molecule has 3 heterocycles. The summed E-state index contributed by atoms with van der Waals surface area (Å²) in [6.07, 6.45) is 1.29. The van der Waals surface area contributed by atoms with Gasteiger partial charge in [-0.15, -0.1) is 10.2 Å². The van der Waals surface area contributed by atoms with Gasteiger partial charge in [0.15, 0.2) is 5.76 Å². The van der Waals surface area contributed by atoms with Crippen LogP contribution >= 0.6 is 0 Å². The van der Waals surface area contributed by atoms with Gasteiger partial charge in [0.25, 0.3) is 5.89 Å². The molecule has 2 unspecified atom stereocenters. The van der Waals surface area contributed by atoms with Gasteiger partial charge < -0.3 is 18.7 Å². The van der Waals surface area contributed by atoms with E-state index >= 15 is 0 Å². The molecule has 2 aromatic heterocycles. The van der Waals surface area contributed by atoms with Crippen LogP contribution in [0.3, 0.4) is 0 Å². The quantitative estimate of drug-likeness (QED) is 0.810. The summed E-state index contributed by atoms with van der Waals surface area (Å²) in [4.78, 5) is 13.5. The summed E-state index contributed by atoms with van der Waals surface area (Å²) in [6.45, 7) is 0.628. The van der Waals surface area contributed by atoms with Crippen LogP contribution in [0.5, 0.6) is 0 Å². The smallest absolute Gasteiger partial charge is 0.323 e. The van der Waals surface area contributed by atoms with Gasteiger partial charge >= 0.3 is 5.97 Å². The summed E-state index contributed by atoms with van der Waals surface area (Å²) in [5.41, 5.74) is 0. The molecule has 0 bridgehead atoms. The Morgan fingerprint density at radius 3 is 3.14 bits per heavy atom. The second kappa shape index (κ2) is 5.66. The molecule has 1 N–H and O–H groups in total. The first-order valence-electron chi connectivity index (χ1n) is 6.53. The molecule has 0 amide bonds. The van der Waals surface area contributed by atoms with Crippen molar-refractivity contribution in [3.8, 4) is 11.7 Å². The minimum absolute atomic E-state index is 0.268. The first-order valence-corrected chi connectivity index (χ1v) is 6.53. The van der Waals surface area contributed by atoms with Crippen molar-refractivity contribution in [3.05, 3.63) is 24.3 Å². The zero-order chi connectivity index (χ0) is 14.8. The van der Waals surface area contributed by atoms with Gasteiger partial charge in [0, 0.05) is 13.0 Å². The molecule has 3 rings (SSSR count). The summed E-state index contributed by atoms with van der Waals surface area (Å²) in [7, 11) is 1.33. The average molecular weight is 293 g/mol. The Balaban J connectivity index is 1.72. The van der Waals surface area contributed by atoms with Gasteiger partial charge in [-0.2, -0.15) is 0 Å². The number of aliphatic hydroxyl groups excluding tert-OH is 1. The molecule has 1 aliphatic rings. The Hall–Kier alpha value is -2.19. The van der Waals surface area contributed by atoms with E-state index in [2.05, 4.69) is 10.2 Å². The highest BCUT2D eigenvalue weighted by molar-refractivity contribution is 5.76. The minimum Gasteiger partial charge on any atom is -0.468 e. The second-order valence-electron chi connectivity index (χ2n) is 4.84. The van der Waals surface area contributed by atoms with Crippen molar-refractivity contribution in [3.63, 3.8) is 0 Å². The monoisotopic (exact) mass is 293 g/mol. The zero-order valence-electron chi connectivity index (χ0n) is 11.4. The van der Waals surface area contributed by atoms with E-state index in [-0.39, 0.29) is 18.4 Å². The van der Waals surface area contributed by atoms with Crippen molar-refractivity contribution in [2.75, 3.05) is 13.7 Å². The number of aromatic nitrogens is 2. The Morgan fingerprint density at radius 1 is 1.57 bits per heavy atom. The topological polar surface area (TPSA) is 102 Å². The molecule has 1 saturated heterocycles. The largest absolute Gasteiger partial charge is 0.468 e. The van der Waals surface area contributed by atoms with E-state index in [0.29, 0.717) is 24.6 Å². The number of carbonyl (C=O) groups excluding carboxylic acids is 1. The molecule has 0 radical (unpaired) electrons. The summed E-state index contributed by atoms with van der Waals surface area (Å²) < 4.78 is 15.4. The van der Waals surface area contributed by atoms with Crippen LogP contribution in [0.1, 0.15) is 12.3 Å². The van der Waals surface area contributed by atoms with E-state index in [1.807, 2.05) is 0 Å². The van der Waals surface area contributed by atoms with Crippen LogP contribution in [0, 0.1) is 0 Å². The SMILES string of the molecule is COC(=O)C1CC(O)CN1Cc1nnc(-c2ccco2)o1. The molecule has 0 aliphatic carbocycles. The first-order chi connectivity index (χ1) is 10.2. The molecular weight excluding hydrogens is 278 g/mol. The highest BCUT2D eigenvalue weighted by Crippen LogP contribution is 2.23. The van der Waals surface area contributed by atoms with Crippen LogP contribution < -0.4 is 0 Å². The number of esters is 1. The van der Waals surface area contributed by atoms with Crippen LogP contribution in [0.15, 0.2) is 27.2 Å². The van der Waals surface area contributed by atoms with E-state index in [0.717, 1.165) is 0 Å². The number of rotatable bonds is 4. The number of methoxy groups -OCH3 is 1. The second-order valence-corrected chi connectivity index (χ2v) is 4.84. The lowest BCUT2D eigenvalue weighted by molar-refractivity contribution is -0.146. The van der Waals surface area contributed by atoms with E-state index in [1.54, 1.807) is 17.0 Å². The van der Waals surface area contributed by atoms with Crippen molar-refractivity contribution in [2.45, 2.75) is 25.1 Å². The lowest BCUT2D eigenvalue weighted by Crippen LogP contribution is -2.36.